The SMILES string of the molecule is CCNC(=O)COc1cccc(CN=C(NCC)NCc2cc(F)ccc2F)c1. The van der Waals surface area contributed by atoms with Crippen molar-refractivity contribution >= 4 is 11.9 Å². The second-order valence-corrected chi connectivity index (χ2v) is 6.17. The summed E-state index contributed by atoms with van der Waals surface area (Å²) in [5, 5.41) is 8.72. The van der Waals surface area contributed by atoms with Crippen molar-refractivity contribution in [2.75, 3.05) is 19.7 Å². The van der Waals surface area contributed by atoms with E-state index in [-0.39, 0.29) is 24.6 Å². The lowest BCUT2D eigenvalue weighted by Crippen LogP contribution is -2.37. The standard InChI is InChI=1S/C21H26F2N4O2/c1-3-24-20(28)14-29-18-7-5-6-15(10-18)12-26-21(25-4-2)27-13-16-11-17(22)8-9-19(16)23/h5-11H,3-4,12-14H2,1-2H3,(H,24,28)(H2,25,26,27). The number of amides is 1. The molecule has 0 aliphatic heterocycles. The largest absolute Gasteiger partial charge is 0.484 e. The van der Waals surface area contributed by atoms with Crippen molar-refractivity contribution in [2.45, 2.75) is 26.9 Å². The van der Waals surface area contributed by atoms with Gasteiger partial charge in [-0.05, 0) is 49.7 Å². The molecule has 0 fully saturated rings. The summed E-state index contributed by atoms with van der Waals surface area (Å²) in [5.74, 6) is -0.103. The number of rotatable bonds is 9. The second-order valence-electron chi connectivity index (χ2n) is 6.17. The lowest BCUT2D eigenvalue weighted by Gasteiger charge is -2.12. The van der Waals surface area contributed by atoms with Crippen LogP contribution in [-0.2, 0) is 17.9 Å². The van der Waals surface area contributed by atoms with Crippen molar-refractivity contribution in [3.8, 4) is 5.75 Å². The van der Waals surface area contributed by atoms with Gasteiger partial charge in [-0.15, -0.1) is 0 Å². The number of nitrogens with zero attached hydrogens (tertiary/aromatic N) is 1. The number of nitrogens with one attached hydrogen (secondary N) is 3. The molecule has 0 aliphatic rings. The summed E-state index contributed by atoms with van der Waals surface area (Å²) < 4.78 is 32.6. The van der Waals surface area contributed by atoms with E-state index in [1.807, 2.05) is 26.0 Å². The van der Waals surface area contributed by atoms with Gasteiger partial charge in [0.1, 0.15) is 17.4 Å². The van der Waals surface area contributed by atoms with Gasteiger partial charge in [0.15, 0.2) is 12.6 Å². The molecule has 8 heteroatoms. The molecule has 2 aromatic carbocycles. The lowest BCUT2D eigenvalue weighted by molar-refractivity contribution is -0.122. The van der Waals surface area contributed by atoms with Crippen LogP contribution in [-0.4, -0.2) is 31.6 Å². The summed E-state index contributed by atoms with van der Waals surface area (Å²) in [7, 11) is 0. The van der Waals surface area contributed by atoms with Crippen molar-refractivity contribution in [3.63, 3.8) is 0 Å². The molecule has 0 bridgehead atoms. The average Bonchev–Trinajstić information content (AvgIpc) is 2.71. The molecule has 2 aromatic rings. The highest BCUT2D eigenvalue weighted by atomic mass is 19.1. The Morgan fingerprint density at radius 2 is 1.83 bits per heavy atom. The molecule has 156 valence electrons. The fourth-order valence-electron chi connectivity index (χ4n) is 2.50. The minimum atomic E-state index is -0.491. The number of ether oxygens (including phenoxy) is 1. The molecule has 6 nitrogen and oxygen atoms in total. The number of hydrogen-bond acceptors (Lipinski definition) is 3. The Balaban J connectivity index is 1.97. The van der Waals surface area contributed by atoms with Gasteiger partial charge in [0, 0.05) is 25.2 Å². The molecule has 0 atom stereocenters. The molecular weight excluding hydrogens is 378 g/mol. The Morgan fingerprint density at radius 1 is 1.03 bits per heavy atom. The van der Waals surface area contributed by atoms with Gasteiger partial charge < -0.3 is 20.7 Å². The van der Waals surface area contributed by atoms with Crippen molar-refractivity contribution in [2.24, 2.45) is 4.99 Å². The lowest BCUT2D eigenvalue weighted by atomic mass is 10.2. The molecule has 1 amide bonds. The van der Waals surface area contributed by atoms with Crippen molar-refractivity contribution in [1.29, 1.82) is 0 Å². The van der Waals surface area contributed by atoms with Gasteiger partial charge in [0.2, 0.25) is 0 Å². The molecule has 29 heavy (non-hydrogen) atoms. The van der Waals surface area contributed by atoms with E-state index in [2.05, 4.69) is 20.9 Å². The molecule has 0 saturated carbocycles. The number of likely N-dealkylation sites (N-methyl/N-ethyl adjacent to an activating group) is 1. The van der Waals surface area contributed by atoms with Gasteiger partial charge in [-0.2, -0.15) is 0 Å². The first-order valence-corrected chi connectivity index (χ1v) is 9.46. The van der Waals surface area contributed by atoms with Gasteiger partial charge in [0.05, 0.1) is 6.54 Å². The van der Waals surface area contributed by atoms with Crippen LogP contribution in [0.15, 0.2) is 47.5 Å². The first-order valence-electron chi connectivity index (χ1n) is 9.46. The third-order valence-corrected chi connectivity index (χ3v) is 3.86. The number of hydrogen-bond donors (Lipinski definition) is 3. The Labute approximate surface area is 169 Å². The average molecular weight is 404 g/mol. The van der Waals surface area contributed by atoms with Crippen LogP contribution in [0.3, 0.4) is 0 Å². The maximum atomic E-state index is 13.8. The van der Waals surface area contributed by atoms with E-state index < -0.39 is 11.6 Å². The quantitative estimate of drug-likeness (QED) is 0.444. The minimum Gasteiger partial charge on any atom is -0.484 e. The summed E-state index contributed by atoms with van der Waals surface area (Å²) >= 11 is 0. The molecule has 0 saturated heterocycles. The van der Waals surface area contributed by atoms with Gasteiger partial charge >= 0.3 is 0 Å². The maximum absolute atomic E-state index is 13.8. The molecule has 0 heterocycles. The predicted molar refractivity (Wildman–Crippen MR) is 109 cm³/mol. The van der Waals surface area contributed by atoms with E-state index in [0.29, 0.717) is 31.3 Å². The highest BCUT2D eigenvalue weighted by Crippen LogP contribution is 2.14. The monoisotopic (exact) mass is 404 g/mol. The van der Waals surface area contributed by atoms with Crippen LogP contribution in [0.4, 0.5) is 8.78 Å². The number of halogens is 2. The van der Waals surface area contributed by atoms with E-state index in [1.54, 1.807) is 12.1 Å². The molecule has 0 aromatic heterocycles. The molecular formula is C21H26F2N4O2. The molecule has 2 rings (SSSR count). The maximum Gasteiger partial charge on any atom is 0.257 e. The summed E-state index contributed by atoms with van der Waals surface area (Å²) in [6.07, 6.45) is 0. The van der Waals surface area contributed by atoms with Crippen molar-refractivity contribution in [1.82, 2.24) is 16.0 Å². The van der Waals surface area contributed by atoms with Crippen LogP contribution in [0.25, 0.3) is 0 Å². The van der Waals surface area contributed by atoms with Crippen LogP contribution in [0, 0.1) is 11.6 Å². The fourth-order valence-corrected chi connectivity index (χ4v) is 2.50. The van der Waals surface area contributed by atoms with Crippen molar-refractivity contribution < 1.29 is 18.3 Å². The zero-order valence-corrected chi connectivity index (χ0v) is 16.6. The second kappa shape index (κ2) is 11.6. The van der Waals surface area contributed by atoms with E-state index in [4.69, 9.17) is 4.74 Å². The normalized spacial score (nSPS) is 11.1. The van der Waals surface area contributed by atoms with E-state index in [0.717, 1.165) is 23.8 Å². The minimum absolute atomic E-state index is 0.0516. The molecule has 0 spiro atoms. The smallest absolute Gasteiger partial charge is 0.257 e. The number of carbonyl (C=O) groups is 1. The Kier molecular flexibility index (Phi) is 8.88. The Hall–Kier alpha value is -3.16. The van der Waals surface area contributed by atoms with Crippen LogP contribution < -0.4 is 20.7 Å². The number of guanidine groups is 1. The van der Waals surface area contributed by atoms with Gasteiger partial charge in [0.25, 0.3) is 5.91 Å². The molecule has 3 N–H and O–H groups in total. The third-order valence-electron chi connectivity index (χ3n) is 3.86. The number of benzene rings is 2. The molecule has 0 unspecified atom stereocenters. The highest BCUT2D eigenvalue weighted by molar-refractivity contribution is 5.79. The van der Waals surface area contributed by atoms with Gasteiger partial charge in [-0.1, -0.05) is 12.1 Å². The third kappa shape index (κ3) is 7.77. The predicted octanol–water partition coefficient (Wildman–Crippen LogP) is 2.74. The van der Waals surface area contributed by atoms with Crippen LogP contribution in [0.5, 0.6) is 5.75 Å². The fraction of sp³-hybridized carbons (Fsp3) is 0.333. The Morgan fingerprint density at radius 3 is 2.59 bits per heavy atom. The van der Waals surface area contributed by atoms with E-state index in [1.165, 1.54) is 0 Å². The van der Waals surface area contributed by atoms with E-state index in [9.17, 15) is 13.6 Å². The van der Waals surface area contributed by atoms with Crippen LogP contribution in [0.2, 0.25) is 0 Å². The van der Waals surface area contributed by atoms with Crippen LogP contribution >= 0.6 is 0 Å². The van der Waals surface area contributed by atoms with Crippen molar-refractivity contribution in [3.05, 3.63) is 65.2 Å². The number of carbonyl (C=O) groups excluding carboxylic acids is 1. The van der Waals surface area contributed by atoms with Crippen LogP contribution in [0.1, 0.15) is 25.0 Å². The zero-order chi connectivity index (χ0) is 21.1. The Bertz CT molecular complexity index is 843. The molecule has 0 radical (unpaired) electrons. The summed E-state index contributed by atoms with van der Waals surface area (Å²) in [4.78, 5) is 16.0. The summed E-state index contributed by atoms with van der Waals surface area (Å²) in [6.45, 7) is 5.32. The van der Waals surface area contributed by atoms with E-state index >= 15 is 0 Å². The molecule has 0 aliphatic carbocycles. The summed E-state index contributed by atoms with van der Waals surface area (Å²) in [6, 6.07) is 10.6. The van der Waals surface area contributed by atoms with Gasteiger partial charge in [-0.3, -0.25) is 4.79 Å². The summed E-state index contributed by atoms with van der Waals surface area (Å²) in [5.41, 5.74) is 1.10. The van der Waals surface area contributed by atoms with Gasteiger partial charge in [-0.25, -0.2) is 13.8 Å². The topological polar surface area (TPSA) is 74.8 Å². The number of aliphatic imine (C=N–C) groups is 1. The zero-order valence-electron chi connectivity index (χ0n) is 16.6. The highest BCUT2D eigenvalue weighted by Gasteiger charge is 2.06. The first-order chi connectivity index (χ1) is 14.0. The first kappa shape index (κ1) is 22.1.